The van der Waals surface area contributed by atoms with Crippen molar-refractivity contribution in [2.24, 2.45) is 0 Å². The van der Waals surface area contributed by atoms with Gasteiger partial charge in [-0.05, 0) is 24.3 Å². The zero-order chi connectivity index (χ0) is 12.3. The number of aromatic nitrogens is 2. The van der Waals surface area contributed by atoms with Crippen LogP contribution >= 0.6 is 11.6 Å². The molecule has 6 heteroatoms. The van der Waals surface area contributed by atoms with Crippen LogP contribution in [-0.2, 0) is 16.1 Å². The van der Waals surface area contributed by atoms with E-state index in [0.717, 1.165) is 5.56 Å². The molecule has 0 saturated heterocycles. The Labute approximate surface area is 102 Å². The van der Waals surface area contributed by atoms with Gasteiger partial charge in [-0.1, -0.05) is 11.6 Å². The summed E-state index contributed by atoms with van der Waals surface area (Å²) in [6, 6.07) is 7.00. The van der Waals surface area contributed by atoms with Gasteiger partial charge in [0.2, 0.25) is 5.89 Å². The quantitative estimate of drug-likeness (QED) is 0.785. The maximum atomic E-state index is 10.6. The van der Waals surface area contributed by atoms with E-state index in [9.17, 15) is 4.79 Å². The van der Waals surface area contributed by atoms with Gasteiger partial charge >= 0.3 is 5.97 Å². The third-order valence-corrected chi connectivity index (χ3v) is 2.21. The zero-order valence-electron chi connectivity index (χ0n) is 9.01. The van der Waals surface area contributed by atoms with E-state index in [-0.39, 0.29) is 12.5 Å². The summed E-state index contributed by atoms with van der Waals surface area (Å²) in [5.41, 5.74) is 0.760. The molecule has 0 unspecified atom stereocenters. The van der Waals surface area contributed by atoms with Crippen molar-refractivity contribution in [1.29, 1.82) is 0 Å². The minimum atomic E-state index is -0.392. The lowest BCUT2D eigenvalue weighted by molar-refractivity contribution is -0.142. The molecular weight excluding hydrogens is 244 g/mol. The van der Waals surface area contributed by atoms with E-state index >= 15 is 0 Å². The highest BCUT2D eigenvalue weighted by Crippen LogP contribution is 2.20. The van der Waals surface area contributed by atoms with Gasteiger partial charge in [0.05, 0.1) is 0 Å². The molecule has 0 amide bonds. The van der Waals surface area contributed by atoms with Gasteiger partial charge in [-0.15, -0.1) is 10.2 Å². The largest absolute Gasteiger partial charge is 0.456 e. The third kappa shape index (κ3) is 3.04. The number of benzene rings is 1. The molecule has 2 rings (SSSR count). The van der Waals surface area contributed by atoms with Crippen molar-refractivity contribution < 1.29 is 13.9 Å². The van der Waals surface area contributed by atoms with Gasteiger partial charge in [0.25, 0.3) is 5.89 Å². The van der Waals surface area contributed by atoms with E-state index in [1.165, 1.54) is 6.92 Å². The molecular formula is C11H9ClN2O3. The molecule has 1 aromatic carbocycles. The Morgan fingerprint density at radius 1 is 1.35 bits per heavy atom. The number of rotatable bonds is 3. The standard InChI is InChI=1S/C11H9ClN2O3/c1-7(15)16-6-10-13-14-11(17-10)8-2-4-9(12)5-3-8/h2-5H,6H2,1H3. The van der Waals surface area contributed by atoms with Gasteiger partial charge in [0, 0.05) is 17.5 Å². The summed E-state index contributed by atoms with van der Waals surface area (Å²) in [5.74, 6) is 0.227. The number of nitrogens with zero attached hydrogens (tertiary/aromatic N) is 2. The van der Waals surface area contributed by atoms with Gasteiger partial charge in [-0.2, -0.15) is 0 Å². The van der Waals surface area contributed by atoms with E-state index in [0.29, 0.717) is 10.9 Å². The van der Waals surface area contributed by atoms with Gasteiger partial charge in [-0.3, -0.25) is 4.79 Å². The monoisotopic (exact) mass is 252 g/mol. The minimum absolute atomic E-state index is 0.0179. The predicted octanol–water partition coefficient (Wildman–Crippen LogP) is 2.45. The Kier molecular flexibility index (Phi) is 3.39. The van der Waals surface area contributed by atoms with Crippen molar-refractivity contribution in [2.75, 3.05) is 0 Å². The fourth-order valence-electron chi connectivity index (χ4n) is 1.18. The van der Waals surface area contributed by atoms with Crippen molar-refractivity contribution in [2.45, 2.75) is 13.5 Å². The van der Waals surface area contributed by atoms with E-state index in [1.54, 1.807) is 24.3 Å². The molecule has 0 bridgehead atoms. The number of ether oxygens (including phenoxy) is 1. The number of halogens is 1. The fraction of sp³-hybridized carbons (Fsp3) is 0.182. The van der Waals surface area contributed by atoms with Crippen molar-refractivity contribution in [3.05, 3.63) is 35.2 Å². The molecule has 0 spiro atoms. The summed E-state index contributed by atoms with van der Waals surface area (Å²) in [7, 11) is 0. The molecule has 0 radical (unpaired) electrons. The summed E-state index contributed by atoms with van der Waals surface area (Å²) in [6.07, 6.45) is 0. The maximum absolute atomic E-state index is 10.6. The van der Waals surface area contributed by atoms with Crippen LogP contribution in [-0.4, -0.2) is 16.2 Å². The number of carbonyl (C=O) groups excluding carboxylic acids is 1. The first-order chi connectivity index (χ1) is 8.15. The molecule has 88 valence electrons. The second-order valence-electron chi connectivity index (χ2n) is 3.29. The number of carbonyl (C=O) groups is 1. The normalized spacial score (nSPS) is 10.2. The van der Waals surface area contributed by atoms with E-state index in [4.69, 9.17) is 20.8 Å². The second-order valence-corrected chi connectivity index (χ2v) is 3.72. The topological polar surface area (TPSA) is 65.2 Å². The van der Waals surface area contributed by atoms with Crippen LogP contribution in [0.15, 0.2) is 28.7 Å². The SMILES string of the molecule is CC(=O)OCc1nnc(-c2ccc(Cl)cc2)o1. The molecule has 0 saturated carbocycles. The fourth-order valence-corrected chi connectivity index (χ4v) is 1.31. The summed E-state index contributed by atoms with van der Waals surface area (Å²) >= 11 is 5.76. The predicted molar refractivity (Wildman–Crippen MR) is 60.2 cm³/mol. The first-order valence-electron chi connectivity index (χ1n) is 4.87. The Balaban J connectivity index is 2.12. The van der Waals surface area contributed by atoms with E-state index in [1.807, 2.05) is 0 Å². The van der Waals surface area contributed by atoms with Crippen LogP contribution in [0.1, 0.15) is 12.8 Å². The Morgan fingerprint density at radius 2 is 2.06 bits per heavy atom. The molecule has 0 atom stereocenters. The minimum Gasteiger partial charge on any atom is -0.456 e. The van der Waals surface area contributed by atoms with Crippen LogP contribution in [0.25, 0.3) is 11.5 Å². The Hall–Kier alpha value is -1.88. The maximum Gasteiger partial charge on any atom is 0.303 e. The molecule has 0 fully saturated rings. The Morgan fingerprint density at radius 3 is 2.71 bits per heavy atom. The molecule has 17 heavy (non-hydrogen) atoms. The van der Waals surface area contributed by atoms with Crippen molar-refractivity contribution in [3.8, 4) is 11.5 Å². The molecule has 5 nitrogen and oxygen atoms in total. The molecule has 1 aromatic heterocycles. The number of hydrogen-bond acceptors (Lipinski definition) is 5. The lowest BCUT2D eigenvalue weighted by Gasteiger charge is -1.96. The van der Waals surface area contributed by atoms with Gasteiger partial charge < -0.3 is 9.15 Å². The summed E-state index contributed by atoms with van der Waals surface area (Å²) in [5, 5.41) is 8.24. The van der Waals surface area contributed by atoms with Crippen LogP contribution in [0.3, 0.4) is 0 Å². The molecule has 2 aromatic rings. The summed E-state index contributed by atoms with van der Waals surface area (Å²) in [4.78, 5) is 10.6. The highest BCUT2D eigenvalue weighted by molar-refractivity contribution is 6.30. The smallest absolute Gasteiger partial charge is 0.303 e. The second kappa shape index (κ2) is 4.97. The van der Waals surface area contributed by atoms with Gasteiger partial charge in [-0.25, -0.2) is 0 Å². The van der Waals surface area contributed by atoms with Crippen LogP contribution < -0.4 is 0 Å². The van der Waals surface area contributed by atoms with Gasteiger partial charge in [0.1, 0.15) is 0 Å². The molecule has 1 heterocycles. The third-order valence-electron chi connectivity index (χ3n) is 1.96. The zero-order valence-corrected chi connectivity index (χ0v) is 9.77. The van der Waals surface area contributed by atoms with Crippen LogP contribution in [0.4, 0.5) is 0 Å². The highest BCUT2D eigenvalue weighted by atomic mass is 35.5. The lowest BCUT2D eigenvalue weighted by atomic mass is 10.2. The molecule has 0 N–H and O–H groups in total. The number of esters is 1. The van der Waals surface area contributed by atoms with Crippen LogP contribution in [0.2, 0.25) is 5.02 Å². The summed E-state index contributed by atoms with van der Waals surface area (Å²) < 4.78 is 10.1. The van der Waals surface area contributed by atoms with Crippen molar-refractivity contribution in [1.82, 2.24) is 10.2 Å². The van der Waals surface area contributed by atoms with Gasteiger partial charge in [0.15, 0.2) is 6.61 Å². The highest BCUT2D eigenvalue weighted by Gasteiger charge is 2.09. The molecule has 0 aliphatic rings. The van der Waals surface area contributed by atoms with Crippen LogP contribution in [0.5, 0.6) is 0 Å². The van der Waals surface area contributed by atoms with Crippen molar-refractivity contribution in [3.63, 3.8) is 0 Å². The van der Waals surface area contributed by atoms with Crippen molar-refractivity contribution >= 4 is 17.6 Å². The van der Waals surface area contributed by atoms with Crippen LogP contribution in [0, 0.1) is 0 Å². The first kappa shape index (κ1) is 11.6. The Bertz CT molecular complexity index is 522. The average molecular weight is 253 g/mol. The average Bonchev–Trinajstić information content (AvgIpc) is 2.76. The molecule has 0 aliphatic carbocycles. The molecule has 0 aliphatic heterocycles. The van der Waals surface area contributed by atoms with E-state index in [2.05, 4.69) is 10.2 Å². The summed E-state index contributed by atoms with van der Waals surface area (Å²) in [6.45, 7) is 1.30. The number of hydrogen-bond donors (Lipinski definition) is 0. The lowest BCUT2D eigenvalue weighted by Crippen LogP contribution is -1.98. The van der Waals surface area contributed by atoms with E-state index < -0.39 is 5.97 Å². The first-order valence-corrected chi connectivity index (χ1v) is 5.24.